The zero-order chi connectivity index (χ0) is 17.5. The number of methoxy groups -OCH3 is 1. The van der Waals surface area contributed by atoms with E-state index in [0.29, 0.717) is 6.42 Å². The normalized spacial score (nSPS) is 11.7. The zero-order valence-electron chi connectivity index (χ0n) is 14.7. The molecule has 2 heterocycles. The van der Waals surface area contributed by atoms with Gasteiger partial charge in [-0.15, -0.1) is 11.3 Å². The number of fused-ring (bicyclic) bond motifs is 1. The lowest BCUT2D eigenvalue weighted by molar-refractivity contribution is 0.415. The Morgan fingerprint density at radius 2 is 1.92 bits per heavy atom. The van der Waals surface area contributed by atoms with Gasteiger partial charge in [0.15, 0.2) is 4.96 Å². The highest BCUT2D eigenvalue weighted by Gasteiger charge is 2.27. The van der Waals surface area contributed by atoms with Crippen LogP contribution in [0, 0.1) is 18.3 Å². The van der Waals surface area contributed by atoms with Crippen molar-refractivity contribution in [2.24, 2.45) is 0 Å². The fourth-order valence-electron chi connectivity index (χ4n) is 2.99. The number of aryl methyl sites for hydroxylation is 1. The summed E-state index contributed by atoms with van der Waals surface area (Å²) in [5.41, 5.74) is 4.13. The van der Waals surface area contributed by atoms with Gasteiger partial charge >= 0.3 is 0 Å². The van der Waals surface area contributed by atoms with Gasteiger partial charge in [0, 0.05) is 10.3 Å². The van der Waals surface area contributed by atoms with Crippen LogP contribution in [-0.2, 0) is 11.8 Å². The van der Waals surface area contributed by atoms with Gasteiger partial charge < -0.3 is 4.74 Å². The second-order valence-corrected chi connectivity index (χ2v) is 8.03. The molecule has 24 heavy (non-hydrogen) atoms. The summed E-state index contributed by atoms with van der Waals surface area (Å²) in [6.45, 7) is 8.52. The smallest absolute Gasteiger partial charge is 0.194 e. The van der Waals surface area contributed by atoms with Gasteiger partial charge in [-0.1, -0.05) is 20.8 Å². The molecule has 1 aromatic carbocycles. The van der Waals surface area contributed by atoms with Crippen LogP contribution in [0.2, 0.25) is 0 Å². The molecule has 0 radical (unpaired) electrons. The lowest BCUT2D eigenvalue weighted by Gasteiger charge is -2.17. The molecule has 3 aromatic rings. The summed E-state index contributed by atoms with van der Waals surface area (Å²) < 4.78 is 7.41. The lowest BCUT2D eigenvalue weighted by atomic mass is 9.90. The number of aromatic nitrogens is 2. The van der Waals surface area contributed by atoms with Gasteiger partial charge in [-0.2, -0.15) is 5.26 Å². The van der Waals surface area contributed by atoms with Gasteiger partial charge in [0.25, 0.3) is 0 Å². The summed E-state index contributed by atoms with van der Waals surface area (Å²) >= 11 is 1.67. The molecule has 0 unspecified atom stereocenters. The Labute approximate surface area is 146 Å². The van der Waals surface area contributed by atoms with E-state index >= 15 is 0 Å². The highest BCUT2D eigenvalue weighted by molar-refractivity contribution is 7.17. The van der Waals surface area contributed by atoms with Crippen molar-refractivity contribution in [1.29, 1.82) is 5.26 Å². The van der Waals surface area contributed by atoms with E-state index in [1.807, 2.05) is 12.1 Å². The van der Waals surface area contributed by atoms with E-state index in [2.05, 4.69) is 50.3 Å². The molecule has 0 bridgehead atoms. The van der Waals surface area contributed by atoms with Crippen molar-refractivity contribution in [3.63, 3.8) is 0 Å². The molecule has 0 spiro atoms. The molecule has 3 rings (SSSR count). The lowest BCUT2D eigenvalue weighted by Crippen LogP contribution is -2.15. The van der Waals surface area contributed by atoms with E-state index in [9.17, 15) is 5.26 Å². The highest BCUT2D eigenvalue weighted by Crippen LogP contribution is 2.37. The third kappa shape index (κ3) is 2.67. The Hall–Kier alpha value is -2.32. The van der Waals surface area contributed by atoms with E-state index in [1.54, 1.807) is 18.4 Å². The molecular weight excluding hydrogens is 318 g/mol. The molecule has 0 saturated carbocycles. The second kappa shape index (κ2) is 5.95. The van der Waals surface area contributed by atoms with Crippen molar-refractivity contribution in [3.05, 3.63) is 40.5 Å². The van der Waals surface area contributed by atoms with E-state index in [0.717, 1.165) is 33.4 Å². The number of thiazole rings is 1. The Balaban J connectivity index is 2.29. The minimum Gasteiger partial charge on any atom is -0.497 e. The fourth-order valence-corrected chi connectivity index (χ4v) is 4.00. The summed E-state index contributed by atoms with van der Waals surface area (Å²) in [5, 5.41) is 9.32. The molecule has 5 heteroatoms. The first-order valence-electron chi connectivity index (χ1n) is 7.89. The Kier molecular flexibility index (Phi) is 4.10. The average molecular weight is 339 g/mol. The van der Waals surface area contributed by atoms with Crippen LogP contribution in [0.3, 0.4) is 0 Å². The van der Waals surface area contributed by atoms with Gasteiger partial charge in [0.1, 0.15) is 5.75 Å². The summed E-state index contributed by atoms with van der Waals surface area (Å²) in [4.78, 5) is 7.00. The Morgan fingerprint density at radius 3 is 2.46 bits per heavy atom. The quantitative estimate of drug-likeness (QED) is 0.692. The highest BCUT2D eigenvalue weighted by atomic mass is 32.1. The maximum absolute atomic E-state index is 9.32. The van der Waals surface area contributed by atoms with Crippen molar-refractivity contribution < 1.29 is 4.74 Å². The van der Waals surface area contributed by atoms with Crippen molar-refractivity contribution in [2.45, 2.75) is 39.5 Å². The third-order valence-corrected chi connectivity index (χ3v) is 5.02. The molecule has 4 nitrogen and oxygen atoms in total. The molecule has 0 fully saturated rings. The SMILES string of the molecule is COc1ccc(-c2c(C)sc3nc(C(C)(C)C)c(CC#N)n23)cc1. The molecule has 0 N–H and O–H groups in total. The van der Waals surface area contributed by atoms with E-state index in [4.69, 9.17) is 9.72 Å². The number of hydrogen-bond acceptors (Lipinski definition) is 4. The van der Waals surface area contributed by atoms with Crippen LogP contribution in [0.25, 0.3) is 16.2 Å². The van der Waals surface area contributed by atoms with Gasteiger partial charge in [0.2, 0.25) is 0 Å². The number of nitriles is 1. The number of hydrogen-bond donors (Lipinski definition) is 0. The molecule has 0 amide bonds. The molecule has 0 aliphatic carbocycles. The Morgan fingerprint density at radius 1 is 1.25 bits per heavy atom. The molecule has 2 aromatic heterocycles. The molecule has 0 aliphatic rings. The van der Waals surface area contributed by atoms with Crippen LogP contribution in [0.4, 0.5) is 0 Å². The first kappa shape index (κ1) is 16.5. The maximum atomic E-state index is 9.32. The fraction of sp³-hybridized carbons (Fsp3) is 0.368. The van der Waals surface area contributed by atoms with Crippen LogP contribution in [-0.4, -0.2) is 16.5 Å². The number of rotatable bonds is 3. The van der Waals surface area contributed by atoms with Crippen LogP contribution >= 0.6 is 11.3 Å². The van der Waals surface area contributed by atoms with Gasteiger partial charge in [0.05, 0.1) is 36.7 Å². The summed E-state index contributed by atoms with van der Waals surface area (Å²) in [6.07, 6.45) is 0.354. The first-order valence-corrected chi connectivity index (χ1v) is 8.71. The second-order valence-electron chi connectivity index (χ2n) is 6.85. The third-order valence-electron chi connectivity index (χ3n) is 4.06. The number of nitrogens with zero attached hydrogens (tertiary/aromatic N) is 3. The molecule has 0 aliphatic heterocycles. The summed E-state index contributed by atoms with van der Waals surface area (Å²) in [7, 11) is 1.67. The minimum absolute atomic E-state index is 0.0942. The van der Waals surface area contributed by atoms with Gasteiger partial charge in [-0.25, -0.2) is 4.98 Å². The van der Waals surface area contributed by atoms with E-state index in [-0.39, 0.29) is 5.41 Å². The van der Waals surface area contributed by atoms with Crippen LogP contribution in [0.5, 0.6) is 5.75 Å². The van der Waals surface area contributed by atoms with Gasteiger partial charge in [-0.05, 0) is 36.8 Å². The topological polar surface area (TPSA) is 50.3 Å². The molecule has 0 atom stereocenters. The van der Waals surface area contributed by atoms with Crippen molar-refractivity contribution in [1.82, 2.24) is 9.38 Å². The average Bonchev–Trinajstić information content (AvgIpc) is 3.03. The van der Waals surface area contributed by atoms with Crippen LogP contribution in [0.15, 0.2) is 24.3 Å². The van der Waals surface area contributed by atoms with Crippen molar-refractivity contribution >= 4 is 16.3 Å². The van der Waals surface area contributed by atoms with Crippen LogP contribution < -0.4 is 4.74 Å². The van der Waals surface area contributed by atoms with E-state index in [1.165, 1.54) is 4.88 Å². The zero-order valence-corrected chi connectivity index (χ0v) is 15.5. The number of ether oxygens (including phenoxy) is 1. The molecule has 0 saturated heterocycles. The van der Waals surface area contributed by atoms with Crippen molar-refractivity contribution in [2.75, 3.05) is 7.11 Å². The first-order chi connectivity index (χ1) is 11.4. The van der Waals surface area contributed by atoms with Crippen molar-refractivity contribution in [3.8, 4) is 23.1 Å². The predicted octanol–water partition coefficient (Wildman–Crippen LogP) is 4.74. The van der Waals surface area contributed by atoms with E-state index < -0.39 is 0 Å². The monoisotopic (exact) mass is 339 g/mol. The predicted molar refractivity (Wildman–Crippen MR) is 97.8 cm³/mol. The summed E-state index contributed by atoms with van der Waals surface area (Å²) in [5.74, 6) is 0.834. The van der Waals surface area contributed by atoms with Gasteiger partial charge in [-0.3, -0.25) is 4.40 Å². The molecule has 124 valence electrons. The maximum Gasteiger partial charge on any atom is 0.194 e. The number of benzene rings is 1. The summed E-state index contributed by atoms with van der Waals surface area (Å²) in [6, 6.07) is 10.3. The molecular formula is C19H21N3OS. The number of imidazole rings is 1. The Bertz CT molecular complexity index is 921. The van der Waals surface area contributed by atoms with Crippen LogP contribution in [0.1, 0.15) is 37.0 Å². The minimum atomic E-state index is -0.0942. The standard InChI is InChI=1S/C19H21N3OS/c1-12-16(13-6-8-14(23-5)9-7-13)22-15(10-11-20)17(19(2,3)4)21-18(22)24-12/h6-9H,10H2,1-5H3. The largest absolute Gasteiger partial charge is 0.497 e.